The van der Waals surface area contributed by atoms with Crippen molar-refractivity contribution in [3.63, 3.8) is 0 Å². The molecule has 0 radical (unpaired) electrons. The number of piperidine rings is 2. The van der Waals surface area contributed by atoms with Gasteiger partial charge in [0.2, 0.25) is 10.0 Å². The molecule has 2 aliphatic rings. The normalized spacial score (nSPS) is 20.6. The number of benzene rings is 1. The maximum absolute atomic E-state index is 12.5. The van der Waals surface area contributed by atoms with E-state index in [4.69, 9.17) is 0 Å². The van der Waals surface area contributed by atoms with E-state index in [-0.39, 0.29) is 11.7 Å². The number of rotatable bonds is 4. The van der Waals surface area contributed by atoms with E-state index in [0.717, 1.165) is 50.8 Å². The van der Waals surface area contributed by atoms with Crippen molar-refractivity contribution >= 4 is 15.9 Å². The van der Waals surface area contributed by atoms with Crippen LogP contribution in [0.3, 0.4) is 0 Å². The Hall–Kier alpha value is -1.40. The van der Waals surface area contributed by atoms with Gasteiger partial charge in [-0.15, -0.1) is 0 Å². The molecule has 0 bridgehead atoms. The molecule has 138 valence electrons. The first-order valence-corrected chi connectivity index (χ1v) is 10.9. The Balaban J connectivity index is 1.62. The van der Waals surface area contributed by atoms with Crippen LogP contribution in [-0.2, 0) is 15.8 Å². The number of amides is 1. The van der Waals surface area contributed by atoms with Crippen molar-refractivity contribution in [3.8, 4) is 0 Å². The first-order chi connectivity index (χ1) is 12.0. The summed E-state index contributed by atoms with van der Waals surface area (Å²) in [4.78, 5) is 14.5. The average molecular weight is 365 g/mol. The van der Waals surface area contributed by atoms with Gasteiger partial charge in [-0.1, -0.05) is 25.5 Å². The second kappa shape index (κ2) is 7.87. The Morgan fingerprint density at radius 1 is 1.00 bits per heavy atom. The molecule has 5 nitrogen and oxygen atoms in total. The first kappa shape index (κ1) is 18.4. The highest BCUT2D eigenvalue weighted by molar-refractivity contribution is 7.88. The van der Waals surface area contributed by atoms with Crippen molar-refractivity contribution < 1.29 is 13.2 Å². The molecule has 25 heavy (non-hydrogen) atoms. The van der Waals surface area contributed by atoms with Crippen molar-refractivity contribution in [3.05, 3.63) is 35.4 Å². The van der Waals surface area contributed by atoms with Crippen molar-refractivity contribution in [2.45, 2.75) is 44.8 Å². The highest BCUT2D eigenvalue weighted by atomic mass is 32.2. The van der Waals surface area contributed by atoms with Crippen LogP contribution < -0.4 is 0 Å². The highest BCUT2D eigenvalue weighted by Gasteiger charge is 2.25. The standard InChI is InChI=1S/C19H28N2O3S/c1-16-9-13-20(14-10-16)19(22)18-7-5-17(6-8-18)15-25(23,24)21-11-3-2-4-12-21/h5-8,16H,2-4,9-15H2,1H3. The van der Waals surface area contributed by atoms with Crippen LogP contribution in [0.15, 0.2) is 24.3 Å². The van der Waals surface area contributed by atoms with Crippen molar-refractivity contribution in [2.24, 2.45) is 5.92 Å². The quantitative estimate of drug-likeness (QED) is 0.825. The van der Waals surface area contributed by atoms with Gasteiger partial charge in [0.05, 0.1) is 5.75 Å². The van der Waals surface area contributed by atoms with Gasteiger partial charge in [0.1, 0.15) is 0 Å². The van der Waals surface area contributed by atoms with Crippen LogP contribution in [0.5, 0.6) is 0 Å². The van der Waals surface area contributed by atoms with E-state index in [2.05, 4.69) is 6.92 Å². The zero-order chi connectivity index (χ0) is 17.9. The molecule has 2 fully saturated rings. The predicted molar refractivity (Wildman–Crippen MR) is 98.8 cm³/mol. The number of hydrogen-bond donors (Lipinski definition) is 0. The number of carbonyl (C=O) groups excluding carboxylic acids is 1. The maximum atomic E-state index is 12.5. The third-order valence-corrected chi connectivity index (χ3v) is 7.18. The summed E-state index contributed by atoms with van der Waals surface area (Å²) in [6.45, 7) is 5.11. The van der Waals surface area contributed by atoms with E-state index < -0.39 is 10.0 Å². The van der Waals surface area contributed by atoms with Gasteiger partial charge in [0.15, 0.2) is 0 Å². The SMILES string of the molecule is CC1CCN(C(=O)c2ccc(CS(=O)(=O)N3CCCCC3)cc2)CC1. The second-order valence-corrected chi connectivity index (χ2v) is 9.36. The van der Waals surface area contributed by atoms with E-state index in [0.29, 0.717) is 24.6 Å². The van der Waals surface area contributed by atoms with Gasteiger partial charge in [0.25, 0.3) is 5.91 Å². The monoisotopic (exact) mass is 364 g/mol. The smallest absolute Gasteiger partial charge is 0.253 e. The molecule has 0 N–H and O–H groups in total. The van der Waals surface area contributed by atoms with E-state index in [9.17, 15) is 13.2 Å². The third kappa shape index (κ3) is 4.61. The molecule has 2 aliphatic heterocycles. The lowest BCUT2D eigenvalue weighted by atomic mass is 9.98. The Morgan fingerprint density at radius 2 is 1.60 bits per heavy atom. The fourth-order valence-electron chi connectivity index (χ4n) is 3.58. The van der Waals surface area contributed by atoms with Crippen LogP contribution in [0.1, 0.15) is 54.9 Å². The van der Waals surface area contributed by atoms with Crippen molar-refractivity contribution in [1.29, 1.82) is 0 Å². The lowest BCUT2D eigenvalue weighted by Crippen LogP contribution is -2.38. The van der Waals surface area contributed by atoms with Crippen LogP contribution >= 0.6 is 0 Å². The minimum atomic E-state index is -3.26. The van der Waals surface area contributed by atoms with E-state index >= 15 is 0 Å². The molecule has 6 heteroatoms. The summed E-state index contributed by atoms with van der Waals surface area (Å²) in [5.74, 6) is 0.756. The Kier molecular flexibility index (Phi) is 5.79. The van der Waals surface area contributed by atoms with Crippen LogP contribution in [0.4, 0.5) is 0 Å². The fourth-order valence-corrected chi connectivity index (χ4v) is 5.19. The van der Waals surface area contributed by atoms with Crippen molar-refractivity contribution in [2.75, 3.05) is 26.2 Å². The molecule has 2 heterocycles. The van der Waals surface area contributed by atoms with Gasteiger partial charge in [0, 0.05) is 31.7 Å². The van der Waals surface area contributed by atoms with Crippen LogP contribution in [-0.4, -0.2) is 49.7 Å². The van der Waals surface area contributed by atoms with E-state index in [1.807, 2.05) is 4.90 Å². The van der Waals surface area contributed by atoms with Gasteiger partial charge in [-0.2, -0.15) is 0 Å². The molecule has 0 spiro atoms. The average Bonchev–Trinajstić information content (AvgIpc) is 2.63. The number of nitrogens with zero attached hydrogens (tertiary/aromatic N) is 2. The van der Waals surface area contributed by atoms with Gasteiger partial charge < -0.3 is 4.90 Å². The fraction of sp³-hybridized carbons (Fsp3) is 0.632. The van der Waals surface area contributed by atoms with Crippen molar-refractivity contribution in [1.82, 2.24) is 9.21 Å². The summed E-state index contributed by atoms with van der Waals surface area (Å²) < 4.78 is 26.6. The van der Waals surface area contributed by atoms with Gasteiger partial charge in [-0.05, 0) is 49.3 Å². The molecule has 0 saturated carbocycles. The summed E-state index contributed by atoms with van der Waals surface area (Å²) in [6, 6.07) is 7.09. The molecular formula is C19H28N2O3S. The number of hydrogen-bond acceptors (Lipinski definition) is 3. The molecular weight excluding hydrogens is 336 g/mol. The molecule has 0 atom stereocenters. The zero-order valence-electron chi connectivity index (χ0n) is 15.0. The lowest BCUT2D eigenvalue weighted by molar-refractivity contribution is 0.0697. The predicted octanol–water partition coefficient (Wildman–Crippen LogP) is 2.87. The Bertz CT molecular complexity index is 686. The van der Waals surface area contributed by atoms with Crippen LogP contribution in [0.2, 0.25) is 0 Å². The summed E-state index contributed by atoms with van der Waals surface area (Å²) >= 11 is 0. The summed E-state index contributed by atoms with van der Waals surface area (Å²) in [5, 5.41) is 0. The number of carbonyl (C=O) groups is 1. The Morgan fingerprint density at radius 3 is 2.20 bits per heavy atom. The van der Waals surface area contributed by atoms with Gasteiger partial charge in [-0.25, -0.2) is 12.7 Å². The van der Waals surface area contributed by atoms with E-state index in [1.165, 1.54) is 0 Å². The topological polar surface area (TPSA) is 57.7 Å². The first-order valence-electron chi connectivity index (χ1n) is 9.32. The van der Waals surface area contributed by atoms with Crippen LogP contribution in [0.25, 0.3) is 0 Å². The summed E-state index contributed by atoms with van der Waals surface area (Å²) in [7, 11) is -3.26. The Labute approximate surface area is 151 Å². The molecule has 0 aromatic heterocycles. The summed E-state index contributed by atoms with van der Waals surface area (Å²) in [5.41, 5.74) is 1.39. The molecule has 1 amide bonds. The van der Waals surface area contributed by atoms with E-state index in [1.54, 1.807) is 28.6 Å². The molecule has 2 saturated heterocycles. The molecule has 3 rings (SSSR count). The minimum Gasteiger partial charge on any atom is -0.339 e. The number of sulfonamides is 1. The third-order valence-electron chi connectivity index (χ3n) is 5.33. The molecule has 1 aromatic rings. The largest absolute Gasteiger partial charge is 0.339 e. The maximum Gasteiger partial charge on any atom is 0.253 e. The minimum absolute atomic E-state index is 0.0166. The molecule has 0 aliphatic carbocycles. The van der Waals surface area contributed by atoms with Crippen LogP contribution in [0, 0.1) is 5.92 Å². The highest BCUT2D eigenvalue weighted by Crippen LogP contribution is 2.20. The number of likely N-dealkylation sites (tertiary alicyclic amines) is 1. The molecule has 1 aromatic carbocycles. The molecule has 0 unspecified atom stereocenters. The van der Waals surface area contributed by atoms with Gasteiger partial charge >= 0.3 is 0 Å². The van der Waals surface area contributed by atoms with Gasteiger partial charge in [-0.3, -0.25) is 4.79 Å². The zero-order valence-corrected chi connectivity index (χ0v) is 15.8. The summed E-state index contributed by atoms with van der Waals surface area (Å²) in [6.07, 6.45) is 5.11. The lowest BCUT2D eigenvalue weighted by Gasteiger charge is -2.30. The second-order valence-electron chi connectivity index (χ2n) is 7.39.